The van der Waals surface area contributed by atoms with Gasteiger partial charge in [-0.2, -0.15) is 0 Å². The molecule has 1 aliphatic rings. The lowest BCUT2D eigenvalue weighted by Crippen LogP contribution is -2.39. The first kappa shape index (κ1) is 12.3. The van der Waals surface area contributed by atoms with E-state index in [1.165, 1.54) is 4.90 Å². The fourth-order valence-corrected chi connectivity index (χ4v) is 2.71. The molecule has 1 aromatic carbocycles. The fourth-order valence-electron chi connectivity index (χ4n) is 2.18. The third kappa shape index (κ3) is 2.02. The van der Waals surface area contributed by atoms with E-state index < -0.39 is 0 Å². The number of hydrogen-bond acceptors (Lipinski definition) is 2. The van der Waals surface area contributed by atoms with Crippen molar-refractivity contribution >= 4 is 27.7 Å². The molecular formula is C13H14BrNO2. The third-order valence-electron chi connectivity index (χ3n) is 3.10. The first-order valence-electron chi connectivity index (χ1n) is 5.73. The fraction of sp³-hybridized carbons (Fsp3) is 0.385. The second-order valence-electron chi connectivity index (χ2n) is 4.07. The van der Waals surface area contributed by atoms with Crippen LogP contribution in [0.5, 0.6) is 0 Å². The van der Waals surface area contributed by atoms with Crippen LogP contribution in [-0.4, -0.2) is 28.1 Å². The van der Waals surface area contributed by atoms with E-state index in [2.05, 4.69) is 15.9 Å². The monoisotopic (exact) mass is 295 g/mol. The second-order valence-corrected chi connectivity index (χ2v) is 4.86. The van der Waals surface area contributed by atoms with Crippen LogP contribution in [0.4, 0.5) is 0 Å². The zero-order valence-corrected chi connectivity index (χ0v) is 11.2. The Morgan fingerprint density at radius 1 is 1.18 bits per heavy atom. The van der Waals surface area contributed by atoms with Crippen LogP contribution in [0.15, 0.2) is 24.3 Å². The number of nitrogens with zero attached hydrogens (tertiary/aromatic N) is 1. The van der Waals surface area contributed by atoms with Crippen LogP contribution in [0.25, 0.3) is 0 Å². The molecule has 0 fully saturated rings. The quantitative estimate of drug-likeness (QED) is 0.633. The minimum atomic E-state index is -0.154. The highest BCUT2D eigenvalue weighted by molar-refractivity contribution is 9.09. The van der Waals surface area contributed by atoms with Crippen LogP contribution < -0.4 is 0 Å². The van der Waals surface area contributed by atoms with Gasteiger partial charge in [0, 0.05) is 11.4 Å². The summed E-state index contributed by atoms with van der Waals surface area (Å²) in [6, 6.07) is 7.01. The minimum absolute atomic E-state index is 0.0122. The number of amides is 2. The number of benzene rings is 1. The van der Waals surface area contributed by atoms with Gasteiger partial charge < -0.3 is 0 Å². The van der Waals surface area contributed by atoms with Crippen molar-refractivity contribution in [1.82, 2.24) is 4.90 Å². The number of carbonyl (C=O) groups excluding carboxylic acids is 2. The molecule has 1 atom stereocenters. The van der Waals surface area contributed by atoms with Crippen molar-refractivity contribution in [3.05, 3.63) is 35.4 Å². The summed E-state index contributed by atoms with van der Waals surface area (Å²) in [4.78, 5) is 25.8. The van der Waals surface area contributed by atoms with E-state index in [0.29, 0.717) is 11.1 Å². The lowest BCUT2D eigenvalue weighted by molar-refractivity contribution is 0.0577. The van der Waals surface area contributed by atoms with Crippen molar-refractivity contribution in [2.75, 3.05) is 5.33 Å². The van der Waals surface area contributed by atoms with Gasteiger partial charge >= 0.3 is 0 Å². The van der Waals surface area contributed by atoms with Crippen LogP contribution >= 0.6 is 15.9 Å². The molecule has 90 valence electrons. The van der Waals surface area contributed by atoms with Gasteiger partial charge in [-0.15, -0.1) is 0 Å². The molecule has 0 unspecified atom stereocenters. The summed E-state index contributed by atoms with van der Waals surface area (Å²) in [5, 5.41) is 0.791. The zero-order valence-electron chi connectivity index (χ0n) is 9.65. The van der Waals surface area contributed by atoms with Crippen LogP contribution in [-0.2, 0) is 0 Å². The minimum Gasteiger partial charge on any atom is -0.271 e. The van der Waals surface area contributed by atoms with Crippen molar-refractivity contribution in [1.29, 1.82) is 0 Å². The highest BCUT2D eigenvalue weighted by Gasteiger charge is 2.38. The average molecular weight is 296 g/mol. The van der Waals surface area contributed by atoms with Crippen LogP contribution in [0.2, 0.25) is 0 Å². The molecule has 1 aliphatic heterocycles. The second kappa shape index (κ2) is 5.00. The van der Waals surface area contributed by atoms with Gasteiger partial charge in [0.05, 0.1) is 11.1 Å². The number of carbonyl (C=O) groups is 2. The summed E-state index contributed by atoms with van der Waals surface area (Å²) >= 11 is 3.36. The molecule has 4 heteroatoms. The summed E-state index contributed by atoms with van der Waals surface area (Å²) in [5.41, 5.74) is 1.07. The molecule has 1 heterocycles. The van der Waals surface area contributed by atoms with Crippen molar-refractivity contribution in [2.45, 2.75) is 25.8 Å². The number of hydrogen-bond donors (Lipinski definition) is 0. The molecule has 0 N–H and O–H groups in total. The van der Waals surface area contributed by atoms with Crippen molar-refractivity contribution in [3.8, 4) is 0 Å². The van der Waals surface area contributed by atoms with E-state index in [-0.39, 0.29) is 17.9 Å². The summed E-state index contributed by atoms with van der Waals surface area (Å²) in [7, 11) is 0. The standard InChI is InChI=1S/C13H14BrNO2/c1-2-9(7-8-14)15-12(16)10-5-3-4-6-11(10)13(15)17/h3-6,9H,2,7-8H2,1H3/t9-/m0/s1. The maximum Gasteiger partial charge on any atom is 0.261 e. The van der Waals surface area contributed by atoms with Crippen LogP contribution in [0, 0.1) is 0 Å². The number of rotatable bonds is 4. The maximum atomic E-state index is 12.2. The lowest BCUT2D eigenvalue weighted by Gasteiger charge is -2.24. The highest BCUT2D eigenvalue weighted by Crippen LogP contribution is 2.26. The predicted octanol–water partition coefficient (Wildman–Crippen LogP) is 2.85. The van der Waals surface area contributed by atoms with Crippen LogP contribution in [0.3, 0.4) is 0 Å². The van der Waals surface area contributed by atoms with E-state index in [9.17, 15) is 9.59 Å². The van der Waals surface area contributed by atoms with Gasteiger partial charge in [-0.05, 0) is 25.0 Å². The first-order chi connectivity index (χ1) is 8.20. The Morgan fingerprint density at radius 2 is 1.71 bits per heavy atom. The van der Waals surface area contributed by atoms with Gasteiger partial charge in [0.1, 0.15) is 0 Å². The Labute approximate surface area is 109 Å². The maximum absolute atomic E-state index is 12.2. The molecule has 0 bridgehead atoms. The summed E-state index contributed by atoms with van der Waals surface area (Å²) < 4.78 is 0. The summed E-state index contributed by atoms with van der Waals surface area (Å²) in [5.74, 6) is -0.309. The topological polar surface area (TPSA) is 37.4 Å². The Bertz CT molecular complexity index is 423. The van der Waals surface area contributed by atoms with Gasteiger partial charge in [0.25, 0.3) is 11.8 Å². The zero-order chi connectivity index (χ0) is 12.4. The Kier molecular flexibility index (Phi) is 3.62. The average Bonchev–Trinajstić information content (AvgIpc) is 2.61. The molecule has 0 saturated carbocycles. The van der Waals surface area contributed by atoms with E-state index in [4.69, 9.17) is 0 Å². The molecule has 0 spiro atoms. The van der Waals surface area contributed by atoms with Gasteiger partial charge in [0.15, 0.2) is 0 Å². The normalized spacial score (nSPS) is 16.2. The van der Waals surface area contributed by atoms with Crippen LogP contribution in [0.1, 0.15) is 40.5 Å². The molecule has 0 aromatic heterocycles. The third-order valence-corrected chi connectivity index (χ3v) is 3.56. The first-order valence-corrected chi connectivity index (χ1v) is 6.85. The number of halogens is 1. The molecule has 0 aliphatic carbocycles. The van der Waals surface area contributed by atoms with Gasteiger partial charge in [-0.25, -0.2) is 0 Å². The van der Waals surface area contributed by atoms with Gasteiger partial charge in [-0.3, -0.25) is 14.5 Å². The van der Waals surface area contributed by atoms with E-state index in [1.54, 1.807) is 24.3 Å². The molecule has 3 nitrogen and oxygen atoms in total. The highest BCUT2D eigenvalue weighted by atomic mass is 79.9. The van der Waals surface area contributed by atoms with Gasteiger partial charge in [-0.1, -0.05) is 35.0 Å². The Hall–Kier alpha value is -1.16. The summed E-state index contributed by atoms with van der Waals surface area (Å²) in [6.07, 6.45) is 1.58. The predicted molar refractivity (Wildman–Crippen MR) is 69.4 cm³/mol. The summed E-state index contributed by atoms with van der Waals surface area (Å²) in [6.45, 7) is 2.00. The van der Waals surface area contributed by atoms with E-state index in [1.807, 2.05) is 6.92 Å². The number of fused-ring (bicyclic) bond motifs is 1. The van der Waals surface area contributed by atoms with Gasteiger partial charge in [0.2, 0.25) is 0 Å². The molecule has 0 radical (unpaired) electrons. The smallest absolute Gasteiger partial charge is 0.261 e. The molecule has 2 amide bonds. The molecule has 17 heavy (non-hydrogen) atoms. The molecule has 0 saturated heterocycles. The Morgan fingerprint density at radius 3 is 2.12 bits per heavy atom. The number of alkyl halides is 1. The molecular weight excluding hydrogens is 282 g/mol. The largest absolute Gasteiger partial charge is 0.271 e. The van der Waals surface area contributed by atoms with Crippen molar-refractivity contribution in [2.24, 2.45) is 0 Å². The van der Waals surface area contributed by atoms with Crippen molar-refractivity contribution < 1.29 is 9.59 Å². The molecule has 1 aromatic rings. The van der Waals surface area contributed by atoms with Crippen molar-refractivity contribution in [3.63, 3.8) is 0 Å². The SMILES string of the molecule is CC[C@@H](CCBr)N1C(=O)c2ccccc2C1=O. The van der Waals surface area contributed by atoms with E-state index >= 15 is 0 Å². The lowest BCUT2D eigenvalue weighted by atomic mass is 10.1. The number of imide groups is 1. The Balaban J connectivity index is 2.35. The molecule has 2 rings (SSSR count). The van der Waals surface area contributed by atoms with E-state index in [0.717, 1.165) is 18.2 Å².